The minimum absolute atomic E-state index is 0.788. The van der Waals surface area contributed by atoms with Crippen molar-refractivity contribution >= 4 is 11.4 Å². The molecule has 0 aliphatic heterocycles. The zero-order valence-electron chi connectivity index (χ0n) is 10.7. The second kappa shape index (κ2) is 5.30. The maximum Gasteiger partial charge on any atom is 0.121 e. The van der Waals surface area contributed by atoms with E-state index in [-0.39, 0.29) is 0 Å². The Kier molecular flexibility index (Phi) is 3.77. The fourth-order valence-corrected chi connectivity index (χ4v) is 2.58. The number of anilines is 2. The molecule has 1 saturated carbocycles. The summed E-state index contributed by atoms with van der Waals surface area (Å²) in [6.45, 7) is 3.35. The molecule has 3 heteroatoms. The maximum absolute atomic E-state index is 5.94. The first kappa shape index (κ1) is 12.1. The summed E-state index contributed by atoms with van der Waals surface area (Å²) in [4.78, 5) is 0. The van der Waals surface area contributed by atoms with E-state index in [4.69, 9.17) is 10.5 Å². The third-order valence-corrected chi connectivity index (χ3v) is 3.65. The van der Waals surface area contributed by atoms with Crippen molar-refractivity contribution in [2.45, 2.75) is 26.2 Å². The molecule has 94 valence electrons. The number of methoxy groups -OCH3 is 1. The van der Waals surface area contributed by atoms with Crippen LogP contribution in [0.1, 0.15) is 26.2 Å². The molecule has 0 aromatic heterocycles. The Morgan fingerprint density at radius 1 is 1.41 bits per heavy atom. The zero-order valence-corrected chi connectivity index (χ0v) is 10.7. The summed E-state index contributed by atoms with van der Waals surface area (Å²) in [6, 6.07) is 5.74. The smallest absolute Gasteiger partial charge is 0.121 e. The van der Waals surface area contributed by atoms with Gasteiger partial charge in [-0.1, -0.05) is 13.3 Å². The Hall–Kier alpha value is -1.38. The van der Waals surface area contributed by atoms with Crippen molar-refractivity contribution in [1.29, 1.82) is 0 Å². The van der Waals surface area contributed by atoms with Gasteiger partial charge in [0.15, 0.2) is 0 Å². The third kappa shape index (κ3) is 3.05. The Balaban J connectivity index is 1.94. The summed E-state index contributed by atoms with van der Waals surface area (Å²) >= 11 is 0. The van der Waals surface area contributed by atoms with Crippen LogP contribution in [-0.2, 0) is 0 Å². The third-order valence-electron chi connectivity index (χ3n) is 3.65. The van der Waals surface area contributed by atoms with E-state index in [1.165, 1.54) is 19.3 Å². The first-order valence-corrected chi connectivity index (χ1v) is 6.36. The van der Waals surface area contributed by atoms with Crippen molar-refractivity contribution in [2.24, 2.45) is 11.8 Å². The first-order chi connectivity index (χ1) is 8.19. The number of rotatable bonds is 4. The maximum atomic E-state index is 5.94. The van der Waals surface area contributed by atoms with E-state index < -0.39 is 0 Å². The summed E-state index contributed by atoms with van der Waals surface area (Å²) in [5, 5.41) is 3.45. The molecule has 17 heavy (non-hydrogen) atoms. The average molecular weight is 234 g/mol. The molecular weight excluding hydrogens is 212 g/mol. The summed E-state index contributed by atoms with van der Waals surface area (Å²) in [7, 11) is 1.67. The largest absolute Gasteiger partial charge is 0.497 e. The van der Waals surface area contributed by atoms with Gasteiger partial charge in [-0.15, -0.1) is 0 Å². The van der Waals surface area contributed by atoms with E-state index in [0.29, 0.717) is 0 Å². The quantitative estimate of drug-likeness (QED) is 0.787. The highest BCUT2D eigenvalue weighted by atomic mass is 16.5. The summed E-state index contributed by atoms with van der Waals surface area (Å²) in [5.74, 6) is 2.52. The van der Waals surface area contributed by atoms with Gasteiger partial charge in [0, 0.05) is 12.6 Å². The SMILES string of the molecule is COc1ccc(N)c(NCC2CCC(C)C2)c1. The molecule has 2 rings (SSSR count). The van der Waals surface area contributed by atoms with Gasteiger partial charge in [0.25, 0.3) is 0 Å². The van der Waals surface area contributed by atoms with E-state index in [1.807, 2.05) is 18.2 Å². The fourth-order valence-electron chi connectivity index (χ4n) is 2.58. The molecule has 0 amide bonds. The zero-order chi connectivity index (χ0) is 12.3. The van der Waals surface area contributed by atoms with Gasteiger partial charge in [0.05, 0.1) is 18.5 Å². The monoisotopic (exact) mass is 234 g/mol. The van der Waals surface area contributed by atoms with Gasteiger partial charge in [-0.3, -0.25) is 0 Å². The van der Waals surface area contributed by atoms with Crippen molar-refractivity contribution in [3.05, 3.63) is 18.2 Å². The molecule has 0 bridgehead atoms. The summed E-state index contributed by atoms with van der Waals surface area (Å²) in [6.07, 6.45) is 4.02. The van der Waals surface area contributed by atoms with Gasteiger partial charge < -0.3 is 15.8 Å². The van der Waals surface area contributed by atoms with Crippen molar-refractivity contribution in [1.82, 2.24) is 0 Å². The molecule has 0 spiro atoms. The minimum Gasteiger partial charge on any atom is -0.497 e. The summed E-state index contributed by atoms with van der Waals surface area (Å²) < 4.78 is 5.20. The molecule has 3 nitrogen and oxygen atoms in total. The number of nitrogens with two attached hydrogens (primary N) is 1. The lowest BCUT2D eigenvalue weighted by Crippen LogP contribution is -2.12. The van der Waals surface area contributed by atoms with Crippen LogP contribution in [0, 0.1) is 11.8 Å². The van der Waals surface area contributed by atoms with E-state index >= 15 is 0 Å². The highest BCUT2D eigenvalue weighted by Gasteiger charge is 2.20. The van der Waals surface area contributed by atoms with Crippen LogP contribution in [0.15, 0.2) is 18.2 Å². The van der Waals surface area contributed by atoms with Gasteiger partial charge in [-0.05, 0) is 36.8 Å². The van der Waals surface area contributed by atoms with Crippen LogP contribution in [0.2, 0.25) is 0 Å². The number of hydrogen-bond donors (Lipinski definition) is 2. The lowest BCUT2D eigenvalue weighted by molar-refractivity contribution is 0.415. The first-order valence-electron chi connectivity index (χ1n) is 6.36. The van der Waals surface area contributed by atoms with Crippen LogP contribution in [-0.4, -0.2) is 13.7 Å². The fraction of sp³-hybridized carbons (Fsp3) is 0.571. The van der Waals surface area contributed by atoms with E-state index in [0.717, 1.165) is 35.5 Å². The van der Waals surface area contributed by atoms with Crippen molar-refractivity contribution in [2.75, 3.05) is 24.7 Å². The van der Waals surface area contributed by atoms with Crippen LogP contribution in [0.5, 0.6) is 5.75 Å². The van der Waals surface area contributed by atoms with Crippen molar-refractivity contribution < 1.29 is 4.74 Å². The lowest BCUT2D eigenvalue weighted by atomic mass is 10.1. The second-order valence-corrected chi connectivity index (χ2v) is 5.12. The molecule has 0 saturated heterocycles. The standard InChI is InChI=1S/C14H22N2O/c1-10-3-4-11(7-10)9-16-14-8-12(17-2)5-6-13(14)15/h5-6,8,10-11,16H,3-4,7,9,15H2,1-2H3. The highest BCUT2D eigenvalue weighted by molar-refractivity contribution is 5.68. The number of nitrogens with one attached hydrogen (secondary N) is 1. The average Bonchev–Trinajstić information content (AvgIpc) is 2.74. The molecular formula is C14H22N2O. The molecule has 2 unspecified atom stereocenters. The molecule has 1 aliphatic carbocycles. The number of hydrogen-bond acceptors (Lipinski definition) is 3. The van der Waals surface area contributed by atoms with Gasteiger partial charge in [-0.25, -0.2) is 0 Å². The van der Waals surface area contributed by atoms with Crippen molar-refractivity contribution in [3.63, 3.8) is 0 Å². The molecule has 3 N–H and O–H groups in total. The normalized spacial score (nSPS) is 23.6. The van der Waals surface area contributed by atoms with Gasteiger partial charge in [0.2, 0.25) is 0 Å². The lowest BCUT2D eigenvalue weighted by Gasteiger charge is -2.14. The Morgan fingerprint density at radius 2 is 2.24 bits per heavy atom. The molecule has 1 aliphatic rings. The number of benzene rings is 1. The Morgan fingerprint density at radius 3 is 2.88 bits per heavy atom. The van der Waals surface area contributed by atoms with Crippen molar-refractivity contribution in [3.8, 4) is 5.75 Å². The number of nitrogen functional groups attached to an aromatic ring is 1. The minimum atomic E-state index is 0.788. The van der Waals surface area contributed by atoms with Crippen LogP contribution in [0.4, 0.5) is 11.4 Å². The number of ether oxygens (including phenoxy) is 1. The van der Waals surface area contributed by atoms with Crippen LogP contribution in [0.25, 0.3) is 0 Å². The van der Waals surface area contributed by atoms with Gasteiger partial charge in [-0.2, -0.15) is 0 Å². The summed E-state index contributed by atoms with van der Waals surface area (Å²) in [5.41, 5.74) is 7.72. The highest BCUT2D eigenvalue weighted by Crippen LogP contribution is 2.31. The van der Waals surface area contributed by atoms with Gasteiger partial charge in [0.1, 0.15) is 5.75 Å². The molecule has 1 aromatic carbocycles. The molecule has 2 atom stereocenters. The molecule has 0 heterocycles. The van der Waals surface area contributed by atoms with Crippen LogP contribution >= 0.6 is 0 Å². The van der Waals surface area contributed by atoms with E-state index in [1.54, 1.807) is 7.11 Å². The van der Waals surface area contributed by atoms with E-state index in [2.05, 4.69) is 12.2 Å². The van der Waals surface area contributed by atoms with Gasteiger partial charge >= 0.3 is 0 Å². The van der Waals surface area contributed by atoms with E-state index in [9.17, 15) is 0 Å². The van der Waals surface area contributed by atoms with Crippen LogP contribution in [0.3, 0.4) is 0 Å². The Bertz CT molecular complexity index is 378. The molecule has 1 fully saturated rings. The molecule has 0 radical (unpaired) electrons. The second-order valence-electron chi connectivity index (χ2n) is 5.12. The Labute approximate surface area is 103 Å². The predicted octanol–water partition coefficient (Wildman–Crippen LogP) is 3.13. The molecule has 1 aromatic rings. The predicted molar refractivity (Wildman–Crippen MR) is 72.4 cm³/mol. The topological polar surface area (TPSA) is 47.3 Å². The van der Waals surface area contributed by atoms with Crippen LogP contribution < -0.4 is 15.8 Å².